The van der Waals surface area contributed by atoms with Crippen LogP contribution in [-0.4, -0.2) is 9.97 Å². The van der Waals surface area contributed by atoms with Gasteiger partial charge in [0.15, 0.2) is 5.82 Å². The molecular formula is C10H7BrClN3O. The highest BCUT2D eigenvalue weighted by Crippen LogP contribution is 2.26. The second-order valence-corrected chi connectivity index (χ2v) is 4.23. The van der Waals surface area contributed by atoms with E-state index in [4.69, 9.17) is 11.6 Å². The van der Waals surface area contributed by atoms with Crippen LogP contribution < -0.4 is 10.9 Å². The van der Waals surface area contributed by atoms with E-state index in [9.17, 15) is 4.79 Å². The van der Waals surface area contributed by atoms with Crippen LogP contribution in [-0.2, 0) is 0 Å². The van der Waals surface area contributed by atoms with E-state index in [1.54, 1.807) is 0 Å². The summed E-state index contributed by atoms with van der Waals surface area (Å²) in [5.74, 6) is 0.331. The van der Waals surface area contributed by atoms with Gasteiger partial charge in [-0.2, -0.15) is 0 Å². The van der Waals surface area contributed by atoms with Gasteiger partial charge in [0.2, 0.25) is 0 Å². The van der Waals surface area contributed by atoms with E-state index in [1.165, 1.54) is 6.33 Å². The zero-order valence-corrected chi connectivity index (χ0v) is 10.3. The molecule has 82 valence electrons. The Morgan fingerprint density at radius 2 is 2.12 bits per heavy atom. The first-order chi connectivity index (χ1) is 7.68. The Balaban J connectivity index is 2.38. The molecule has 1 aromatic carbocycles. The number of nitrogens with one attached hydrogen (secondary N) is 2. The SMILES string of the molecule is O=c1[nH]cnc(Nc2ccccc2Br)c1Cl. The molecule has 4 nitrogen and oxygen atoms in total. The highest BCUT2D eigenvalue weighted by molar-refractivity contribution is 9.10. The topological polar surface area (TPSA) is 57.8 Å². The van der Waals surface area contributed by atoms with Gasteiger partial charge in [-0.3, -0.25) is 4.79 Å². The van der Waals surface area contributed by atoms with Crippen LogP contribution in [0, 0.1) is 0 Å². The molecule has 0 atom stereocenters. The van der Waals surface area contributed by atoms with Crippen molar-refractivity contribution in [3.63, 3.8) is 0 Å². The number of benzene rings is 1. The quantitative estimate of drug-likeness (QED) is 0.896. The molecule has 0 saturated heterocycles. The maximum absolute atomic E-state index is 11.2. The molecule has 0 fully saturated rings. The summed E-state index contributed by atoms with van der Waals surface area (Å²) in [6.45, 7) is 0. The fraction of sp³-hybridized carbons (Fsp3) is 0. The molecule has 0 bridgehead atoms. The first kappa shape index (κ1) is 11.2. The van der Waals surface area contributed by atoms with Crippen molar-refractivity contribution in [1.82, 2.24) is 9.97 Å². The Labute approximate surface area is 105 Å². The van der Waals surface area contributed by atoms with Crippen molar-refractivity contribution in [3.05, 3.63) is 50.4 Å². The lowest BCUT2D eigenvalue weighted by atomic mass is 10.3. The van der Waals surface area contributed by atoms with Crippen LogP contribution in [0.25, 0.3) is 0 Å². The highest BCUT2D eigenvalue weighted by atomic mass is 79.9. The Morgan fingerprint density at radius 1 is 1.38 bits per heavy atom. The van der Waals surface area contributed by atoms with Crippen LogP contribution in [0.3, 0.4) is 0 Å². The molecule has 0 unspecified atom stereocenters. The van der Waals surface area contributed by atoms with Gasteiger partial charge in [0.05, 0.1) is 12.0 Å². The molecule has 1 heterocycles. The normalized spacial score (nSPS) is 10.1. The average Bonchev–Trinajstić information content (AvgIpc) is 2.28. The number of anilines is 2. The Kier molecular flexibility index (Phi) is 3.26. The maximum atomic E-state index is 11.2. The second kappa shape index (κ2) is 4.67. The number of H-pyrrole nitrogens is 1. The van der Waals surface area contributed by atoms with Crippen LogP contribution in [0.2, 0.25) is 5.02 Å². The predicted octanol–water partition coefficient (Wildman–Crippen LogP) is 2.93. The molecule has 16 heavy (non-hydrogen) atoms. The summed E-state index contributed by atoms with van der Waals surface area (Å²) >= 11 is 9.19. The lowest BCUT2D eigenvalue weighted by Crippen LogP contribution is -2.09. The Bertz CT molecular complexity index is 570. The van der Waals surface area contributed by atoms with Gasteiger partial charge in [-0.15, -0.1) is 0 Å². The predicted molar refractivity (Wildman–Crippen MR) is 67.3 cm³/mol. The maximum Gasteiger partial charge on any atom is 0.271 e. The lowest BCUT2D eigenvalue weighted by Gasteiger charge is -2.07. The van der Waals surface area contributed by atoms with Gasteiger partial charge in [0.25, 0.3) is 5.56 Å². The summed E-state index contributed by atoms with van der Waals surface area (Å²) in [5, 5.41) is 3.01. The van der Waals surface area contributed by atoms with Crippen LogP contribution in [0.1, 0.15) is 0 Å². The van der Waals surface area contributed by atoms with Gasteiger partial charge in [-0.05, 0) is 28.1 Å². The average molecular weight is 301 g/mol. The fourth-order valence-electron chi connectivity index (χ4n) is 1.16. The van der Waals surface area contributed by atoms with E-state index < -0.39 is 0 Å². The molecule has 0 saturated carbocycles. The van der Waals surface area contributed by atoms with E-state index in [0.717, 1.165) is 10.2 Å². The van der Waals surface area contributed by atoms with Gasteiger partial charge >= 0.3 is 0 Å². The van der Waals surface area contributed by atoms with Gasteiger partial charge in [0.1, 0.15) is 5.02 Å². The van der Waals surface area contributed by atoms with Crippen molar-refractivity contribution in [1.29, 1.82) is 0 Å². The van der Waals surface area contributed by atoms with Gasteiger partial charge < -0.3 is 10.3 Å². The number of hydrogen-bond donors (Lipinski definition) is 2. The molecule has 0 aliphatic carbocycles. The molecule has 2 aromatic rings. The minimum absolute atomic E-state index is 0.0400. The van der Waals surface area contributed by atoms with E-state index in [0.29, 0.717) is 5.82 Å². The van der Waals surface area contributed by atoms with Crippen molar-refractivity contribution >= 4 is 39.0 Å². The summed E-state index contributed by atoms with van der Waals surface area (Å²) < 4.78 is 0.869. The molecule has 0 amide bonds. The van der Waals surface area contributed by atoms with Crippen LogP contribution >= 0.6 is 27.5 Å². The molecular weight excluding hydrogens is 293 g/mol. The summed E-state index contributed by atoms with van der Waals surface area (Å²) in [7, 11) is 0. The third kappa shape index (κ3) is 2.25. The summed E-state index contributed by atoms with van der Waals surface area (Å²) in [4.78, 5) is 17.6. The van der Waals surface area contributed by atoms with E-state index >= 15 is 0 Å². The molecule has 0 spiro atoms. The number of aromatic amines is 1. The first-order valence-corrected chi connectivity index (χ1v) is 5.60. The summed E-state index contributed by atoms with van der Waals surface area (Å²) in [6, 6.07) is 7.49. The summed E-state index contributed by atoms with van der Waals surface area (Å²) in [5.41, 5.74) is 0.425. The Morgan fingerprint density at radius 3 is 2.88 bits per heavy atom. The Hall–Kier alpha value is -1.33. The number of rotatable bonds is 2. The molecule has 0 radical (unpaired) electrons. The standard InChI is InChI=1S/C10H7BrClN3O/c11-6-3-1-2-4-7(6)15-9-8(12)10(16)14-5-13-9/h1-5H,(H2,13,14,15,16). The highest BCUT2D eigenvalue weighted by Gasteiger charge is 2.07. The summed E-state index contributed by atoms with van der Waals surface area (Å²) in [6.07, 6.45) is 1.30. The lowest BCUT2D eigenvalue weighted by molar-refractivity contribution is 1.12. The van der Waals surface area contributed by atoms with Crippen molar-refractivity contribution in [2.45, 2.75) is 0 Å². The van der Waals surface area contributed by atoms with Crippen LogP contribution in [0.4, 0.5) is 11.5 Å². The van der Waals surface area contributed by atoms with Crippen molar-refractivity contribution in [3.8, 4) is 0 Å². The van der Waals surface area contributed by atoms with Crippen molar-refractivity contribution in [2.75, 3.05) is 5.32 Å². The third-order valence-corrected chi connectivity index (χ3v) is 2.97. The van der Waals surface area contributed by atoms with E-state index in [1.807, 2.05) is 24.3 Å². The fourth-order valence-corrected chi connectivity index (χ4v) is 1.69. The van der Waals surface area contributed by atoms with E-state index in [2.05, 4.69) is 31.2 Å². The minimum atomic E-state index is -0.369. The first-order valence-electron chi connectivity index (χ1n) is 4.43. The number of aromatic nitrogens is 2. The zero-order valence-electron chi connectivity index (χ0n) is 8.00. The number of nitrogens with zero attached hydrogens (tertiary/aromatic N) is 1. The van der Waals surface area contributed by atoms with E-state index in [-0.39, 0.29) is 10.6 Å². The van der Waals surface area contributed by atoms with Crippen LogP contribution in [0.15, 0.2) is 39.9 Å². The monoisotopic (exact) mass is 299 g/mol. The number of halogens is 2. The molecule has 2 rings (SSSR count). The van der Waals surface area contributed by atoms with Crippen LogP contribution in [0.5, 0.6) is 0 Å². The smallest absolute Gasteiger partial charge is 0.271 e. The zero-order chi connectivity index (χ0) is 11.5. The largest absolute Gasteiger partial charge is 0.338 e. The van der Waals surface area contributed by atoms with Gasteiger partial charge in [-0.1, -0.05) is 23.7 Å². The number of para-hydroxylation sites is 1. The second-order valence-electron chi connectivity index (χ2n) is 3.00. The van der Waals surface area contributed by atoms with Crippen molar-refractivity contribution < 1.29 is 0 Å². The molecule has 6 heteroatoms. The molecule has 2 N–H and O–H groups in total. The molecule has 0 aliphatic heterocycles. The molecule has 0 aliphatic rings. The minimum Gasteiger partial charge on any atom is -0.338 e. The number of hydrogen-bond acceptors (Lipinski definition) is 3. The van der Waals surface area contributed by atoms with Gasteiger partial charge in [-0.25, -0.2) is 4.98 Å². The third-order valence-electron chi connectivity index (χ3n) is 1.92. The van der Waals surface area contributed by atoms with Gasteiger partial charge in [0, 0.05) is 4.47 Å². The van der Waals surface area contributed by atoms with Crippen molar-refractivity contribution in [2.24, 2.45) is 0 Å². The molecule has 1 aromatic heterocycles.